The van der Waals surface area contributed by atoms with Gasteiger partial charge in [0.1, 0.15) is 0 Å². The Bertz CT molecular complexity index is 743. The number of hydrogen-bond acceptors (Lipinski definition) is 3. The number of fused-ring (bicyclic) bond motifs is 2. The van der Waals surface area contributed by atoms with Crippen LogP contribution in [0.3, 0.4) is 0 Å². The first kappa shape index (κ1) is 13.0. The van der Waals surface area contributed by atoms with Gasteiger partial charge in [-0.2, -0.15) is 0 Å². The number of piperidine rings is 4. The van der Waals surface area contributed by atoms with Crippen LogP contribution in [0.1, 0.15) is 25.3 Å². The third-order valence-corrected chi connectivity index (χ3v) is 8.00. The fraction of sp³-hybridized carbons (Fsp3) is 0.600. The van der Waals surface area contributed by atoms with Gasteiger partial charge in [-0.05, 0) is 37.3 Å². The minimum Gasteiger partial charge on any atom is -0.392 e. The SMILES string of the molecule is C/C=C1\CN2C3C[C@@H]1[C@@H]1[C@@H](O)C4(C[C@@H]12)c1ccccc1N(C)[C@@H]34. The van der Waals surface area contributed by atoms with Crippen molar-refractivity contribution in [1.82, 2.24) is 4.90 Å². The van der Waals surface area contributed by atoms with E-state index in [-0.39, 0.29) is 11.5 Å². The van der Waals surface area contributed by atoms with Crippen molar-refractivity contribution in [1.29, 1.82) is 0 Å². The average Bonchev–Trinajstić information content (AvgIpc) is 2.98. The maximum atomic E-state index is 11.6. The zero-order valence-electron chi connectivity index (χ0n) is 13.8. The van der Waals surface area contributed by atoms with Crippen molar-refractivity contribution >= 4 is 5.69 Å². The normalized spacial score (nSPS) is 53.1. The van der Waals surface area contributed by atoms with Crippen LogP contribution in [0.5, 0.6) is 0 Å². The second-order valence-corrected chi connectivity index (χ2v) is 8.35. The third kappa shape index (κ3) is 1.17. The summed E-state index contributed by atoms with van der Waals surface area (Å²) in [5.74, 6) is 1.05. The minimum atomic E-state index is -0.196. The molecule has 1 aromatic carbocycles. The maximum absolute atomic E-state index is 11.6. The summed E-state index contributed by atoms with van der Waals surface area (Å²) in [5.41, 5.74) is 4.32. The number of likely N-dealkylation sites (N-methyl/N-ethyl adjacent to an activating group) is 1. The zero-order chi connectivity index (χ0) is 15.5. The van der Waals surface area contributed by atoms with E-state index >= 15 is 0 Å². The molecule has 5 aliphatic heterocycles. The van der Waals surface area contributed by atoms with Crippen LogP contribution in [0.25, 0.3) is 0 Å². The van der Waals surface area contributed by atoms with E-state index in [0.717, 1.165) is 13.0 Å². The Morgan fingerprint density at radius 3 is 2.91 bits per heavy atom. The molecule has 8 atom stereocenters. The number of para-hydroxylation sites is 1. The van der Waals surface area contributed by atoms with Crippen molar-refractivity contribution in [2.24, 2.45) is 11.8 Å². The van der Waals surface area contributed by atoms with Gasteiger partial charge in [-0.1, -0.05) is 29.8 Å². The summed E-state index contributed by atoms with van der Waals surface area (Å²) in [6, 6.07) is 10.5. The van der Waals surface area contributed by atoms with E-state index in [2.05, 4.69) is 54.1 Å². The molecule has 1 spiro atoms. The molecule has 6 aliphatic rings. The molecule has 3 heteroatoms. The number of allylic oxidation sites excluding steroid dienone is 1. The number of nitrogens with zero attached hydrogens (tertiary/aromatic N) is 2. The minimum absolute atomic E-state index is 0.0280. The van der Waals surface area contributed by atoms with E-state index in [9.17, 15) is 5.11 Å². The van der Waals surface area contributed by atoms with Crippen molar-refractivity contribution in [3.8, 4) is 0 Å². The highest BCUT2D eigenvalue weighted by Gasteiger charge is 2.74. The van der Waals surface area contributed by atoms with E-state index in [1.807, 2.05) is 0 Å². The first-order valence-electron chi connectivity index (χ1n) is 9.09. The monoisotopic (exact) mass is 308 g/mol. The predicted octanol–water partition coefficient (Wildman–Crippen LogP) is 2.16. The Morgan fingerprint density at radius 1 is 1.26 bits per heavy atom. The van der Waals surface area contributed by atoms with Crippen LogP contribution < -0.4 is 4.90 Å². The second kappa shape index (κ2) is 3.84. The lowest BCUT2D eigenvalue weighted by Gasteiger charge is -2.58. The van der Waals surface area contributed by atoms with E-state index in [4.69, 9.17) is 0 Å². The molecule has 120 valence electrons. The van der Waals surface area contributed by atoms with E-state index < -0.39 is 0 Å². The summed E-state index contributed by atoms with van der Waals surface area (Å²) in [4.78, 5) is 5.25. The van der Waals surface area contributed by atoms with Crippen LogP contribution in [0.4, 0.5) is 5.69 Å². The summed E-state index contributed by atoms with van der Waals surface area (Å²) >= 11 is 0. The molecule has 23 heavy (non-hydrogen) atoms. The van der Waals surface area contributed by atoms with E-state index in [1.54, 1.807) is 5.57 Å². The number of aliphatic hydroxyl groups is 1. The fourth-order valence-electron chi connectivity index (χ4n) is 7.35. The van der Waals surface area contributed by atoms with Crippen LogP contribution in [0, 0.1) is 11.8 Å². The van der Waals surface area contributed by atoms with Gasteiger partial charge in [-0.3, -0.25) is 4.90 Å². The number of anilines is 1. The van der Waals surface area contributed by atoms with Crippen LogP contribution in [0.2, 0.25) is 0 Å². The highest BCUT2D eigenvalue weighted by atomic mass is 16.3. The van der Waals surface area contributed by atoms with Crippen LogP contribution in [0.15, 0.2) is 35.9 Å². The van der Waals surface area contributed by atoms with Gasteiger partial charge >= 0.3 is 0 Å². The molecule has 0 radical (unpaired) electrons. The number of rotatable bonds is 0. The Balaban J connectivity index is 1.62. The topological polar surface area (TPSA) is 26.7 Å². The van der Waals surface area contributed by atoms with E-state index in [1.165, 1.54) is 17.7 Å². The molecule has 3 nitrogen and oxygen atoms in total. The molecule has 5 fully saturated rings. The Labute approximate surface area is 137 Å². The van der Waals surface area contributed by atoms with Gasteiger partial charge in [0.05, 0.1) is 12.1 Å². The summed E-state index contributed by atoms with van der Waals surface area (Å²) < 4.78 is 0. The van der Waals surface area contributed by atoms with Gasteiger partial charge in [0.2, 0.25) is 0 Å². The fourth-order valence-corrected chi connectivity index (χ4v) is 7.35. The third-order valence-electron chi connectivity index (χ3n) is 8.00. The molecule has 1 aliphatic carbocycles. The predicted molar refractivity (Wildman–Crippen MR) is 90.6 cm³/mol. The molecular formula is C20H24N2O. The van der Waals surface area contributed by atoms with Crippen LogP contribution in [-0.2, 0) is 5.41 Å². The quantitative estimate of drug-likeness (QED) is 0.744. The number of hydrogen-bond donors (Lipinski definition) is 1. The molecule has 0 amide bonds. The first-order valence-corrected chi connectivity index (χ1v) is 9.09. The van der Waals surface area contributed by atoms with Crippen molar-refractivity contribution in [3.05, 3.63) is 41.5 Å². The second-order valence-electron chi connectivity index (χ2n) is 8.35. The summed E-state index contributed by atoms with van der Waals surface area (Å²) in [5, 5.41) is 11.6. The average molecular weight is 308 g/mol. The Hall–Kier alpha value is -1.32. The molecule has 1 N–H and O–H groups in total. The molecule has 3 unspecified atom stereocenters. The van der Waals surface area contributed by atoms with Crippen LogP contribution in [-0.4, -0.2) is 47.8 Å². The molecule has 1 saturated carbocycles. The lowest BCUT2D eigenvalue weighted by atomic mass is 9.65. The molecule has 5 bridgehead atoms. The highest BCUT2D eigenvalue weighted by Crippen LogP contribution is 2.67. The molecule has 5 heterocycles. The highest BCUT2D eigenvalue weighted by molar-refractivity contribution is 5.67. The largest absolute Gasteiger partial charge is 0.392 e. The van der Waals surface area contributed by atoms with Gasteiger partial charge < -0.3 is 10.0 Å². The first-order chi connectivity index (χ1) is 11.2. The molecule has 4 saturated heterocycles. The van der Waals surface area contributed by atoms with Gasteiger partial charge in [-0.25, -0.2) is 0 Å². The zero-order valence-corrected chi connectivity index (χ0v) is 13.8. The summed E-state index contributed by atoms with van der Waals surface area (Å²) in [6.07, 6.45) is 4.51. The summed E-state index contributed by atoms with van der Waals surface area (Å²) in [6.45, 7) is 3.31. The lowest BCUT2D eigenvalue weighted by Crippen LogP contribution is -2.68. The lowest BCUT2D eigenvalue weighted by molar-refractivity contribution is -0.0345. The van der Waals surface area contributed by atoms with Crippen molar-refractivity contribution < 1.29 is 5.11 Å². The van der Waals surface area contributed by atoms with Gasteiger partial charge in [0, 0.05) is 42.7 Å². The van der Waals surface area contributed by atoms with Crippen molar-refractivity contribution in [3.63, 3.8) is 0 Å². The smallest absolute Gasteiger partial charge is 0.0707 e. The molecular weight excluding hydrogens is 284 g/mol. The molecule has 0 aromatic heterocycles. The van der Waals surface area contributed by atoms with Crippen molar-refractivity contribution in [2.75, 3.05) is 18.5 Å². The Kier molecular flexibility index (Phi) is 2.17. The number of benzene rings is 1. The molecule has 7 rings (SSSR count). The van der Waals surface area contributed by atoms with E-state index in [0.29, 0.717) is 30.0 Å². The molecule has 1 aromatic rings. The van der Waals surface area contributed by atoms with Gasteiger partial charge in [0.15, 0.2) is 0 Å². The van der Waals surface area contributed by atoms with Crippen LogP contribution >= 0.6 is 0 Å². The Morgan fingerprint density at radius 2 is 2.09 bits per heavy atom. The van der Waals surface area contributed by atoms with Gasteiger partial charge in [-0.15, -0.1) is 0 Å². The van der Waals surface area contributed by atoms with Gasteiger partial charge in [0.25, 0.3) is 0 Å². The van der Waals surface area contributed by atoms with Crippen molar-refractivity contribution in [2.45, 2.75) is 49.4 Å². The standard InChI is InChI=1S/C20H24N2O/c1-3-11-10-22-15-8-12(11)17-16(22)9-20(19(17)23)13-6-4-5-7-14(13)21(2)18(15)20/h3-7,12,15-19,23H,8-10H2,1-2H3/b11-3+/t12-,15?,16-,17-,18-,19+,20?/m0/s1. The maximum Gasteiger partial charge on any atom is 0.0707 e. The number of aliphatic hydroxyl groups excluding tert-OH is 1. The summed E-state index contributed by atoms with van der Waals surface area (Å²) in [7, 11) is 2.25.